The third-order valence-electron chi connectivity index (χ3n) is 5.17. The van der Waals surface area contributed by atoms with Crippen LogP contribution in [0.4, 0.5) is 0 Å². The van der Waals surface area contributed by atoms with Gasteiger partial charge in [-0.15, -0.1) is 0 Å². The summed E-state index contributed by atoms with van der Waals surface area (Å²) in [6.07, 6.45) is 8.03. The quantitative estimate of drug-likeness (QED) is 0.558. The SMILES string of the molecule is CC1CCC(C(C)(C)CCCc2ccccc2)C(Br)C1. The van der Waals surface area contributed by atoms with Crippen molar-refractivity contribution in [2.45, 2.75) is 64.1 Å². The lowest BCUT2D eigenvalue weighted by Crippen LogP contribution is -2.35. The minimum Gasteiger partial charge on any atom is -0.0887 e. The first-order valence-electron chi connectivity index (χ1n) is 8.17. The minimum absolute atomic E-state index is 0.461. The summed E-state index contributed by atoms with van der Waals surface area (Å²) < 4.78 is 0. The highest BCUT2D eigenvalue weighted by molar-refractivity contribution is 9.09. The minimum atomic E-state index is 0.461. The molecule has 0 amide bonds. The van der Waals surface area contributed by atoms with Crippen LogP contribution in [0.15, 0.2) is 30.3 Å². The lowest BCUT2D eigenvalue weighted by molar-refractivity contribution is 0.134. The van der Waals surface area contributed by atoms with Crippen molar-refractivity contribution in [3.05, 3.63) is 35.9 Å². The Labute approximate surface area is 133 Å². The Hall–Kier alpha value is -0.300. The van der Waals surface area contributed by atoms with Crippen molar-refractivity contribution < 1.29 is 0 Å². The zero-order valence-corrected chi connectivity index (χ0v) is 14.8. The van der Waals surface area contributed by atoms with E-state index < -0.39 is 0 Å². The predicted molar refractivity (Wildman–Crippen MR) is 92.4 cm³/mol. The molecule has 0 radical (unpaired) electrons. The largest absolute Gasteiger partial charge is 0.0887 e. The molecule has 3 unspecified atom stereocenters. The van der Waals surface area contributed by atoms with Crippen molar-refractivity contribution >= 4 is 15.9 Å². The van der Waals surface area contributed by atoms with Crippen molar-refractivity contribution in [1.29, 1.82) is 0 Å². The monoisotopic (exact) mass is 336 g/mol. The molecule has 0 saturated heterocycles. The first-order chi connectivity index (χ1) is 9.49. The fourth-order valence-corrected chi connectivity index (χ4v) is 5.39. The van der Waals surface area contributed by atoms with Gasteiger partial charge in [-0.3, -0.25) is 0 Å². The smallest absolute Gasteiger partial charge is 0.0181 e. The highest BCUT2D eigenvalue weighted by atomic mass is 79.9. The predicted octanol–water partition coefficient (Wildman–Crippen LogP) is 6.24. The van der Waals surface area contributed by atoms with Gasteiger partial charge in [-0.25, -0.2) is 0 Å². The van der Waals surface area contributed by atoms with Crippen molar-refractivity contribution in [1.82, 2.24) is 0 Å². The number of aryl methyl sites for hydroxylation is 1. The normalized spacial score (nSPS) is 27.5. The molecular formula is C19H29Br. The van der Waals surface area contributed by atoms with Gasteiger partial charge < -0.3 is 0 Å². The van der Waals surface area contributed by atoms with Crippen LogP contribution in [-0.4, -0.2) is 4.83 Å². The van der Waals surface area contributed by atoms with E-state index in [9.17, 15) is 0 Å². The van der Waals surface area contributed by atoms with E-state index in [4.69, 9.17) is 0 Å². The standard InChI is InChI=1S/C19H29Br/c1-15-11-12-17(18(20)14-15)19(2,3)13-7-10-16-8-5-4-6-9-16/h4-6,8-9,15,17-18H,7,10-14H2,1-3H3. The van der Waals surface area contributed by atoms with E-state index in [1.54, 1.807) is 0 Å². The molecule has 0 spiro atoms. The van der Waals surface area contributed by atoms with E-state index in [0.29, 0.717) is 5.41 Å². The van der Waals surface area contributed by atoms with Gasteiger partial charge in [0, 0.05) is 4.83 Å². The van der Waals surface area contributed by atoms with Gasteiger partial charge in [-0.2, -0.15) is 0 Å². The van der Waals surface area contributed by atoms with Crippen LogP contribution in [0, 0.1) is 17.3 Å². The second-order valence-electron chi connectivity index (χ2n) is 7.37. The van der Waals surface area contributed by atoms with Gasteiger partial charge >= 0.3 is 0 Å². The number of rotatable bonds is 5. The van der Waals surface area contributed by atoms with Crippen LogP contribution < -0.4 is 0 Å². The summed E-state index contributed by atoms with van der Waals surface area (Å²) in [4.78, 5) is 0.720. The summed E-state index contributed by atoms with van der Waals surface area (Å²) in [6, 6.07) is 10.9. The number of hydrogen-bond acceptors (Lipinski definition) is 0. The molecule has 3 atom stereocenters. The molecule has 0 bridgehead atoms. The van der Waals surface area contributed by atoms with E-state index in [1.165, 1.54) is 44.1 Å². The van der Waals surface area contributed by atoms with Crippen LogP contribution >= 0.6 is 15.9 Å². The Morgan fingerprint density at radius 3 is 2.50 bits per heavy atom. The molecule has 0 N–H and O–H groups in total. The lowest BCUT2D eigenvalue weighted by Gasteiger charge is -2.42. The molecule has 1 heteroatoms. The Morgan fingerprint density at radius 1 is 1.15 bits per heavy atom. The molecule has 112 valence electrons. The maximum absolute atomic E-state index is 3.97. The van der Waals surface area contributed by atoms with Crippen LogP contribution in [0.1, 0.15) is 58.4 Å². The van der Waals surface area contributed by atoms with Crippen molar-refractivity contribution in [2.75, 3.05) is 0 Å². The molecule has 1 aliphatic rings. The van der Waals surface area contributed by atoms with Crippen LogP contribution in [0.2, 0.25) is 0 Å². The molecule has 0 heterocycles. The molecule has 1 fully saturated rings. The van der Waals surface area contributed by atoms with Gasteiger partial charge in [0.05, 0.1) is 0 Å². The van der Waals surface area contributed by atoms with Crippen molar-refractivity contribution in [3.8, 4) is 0 Å². The summed E-state index contributed by atoms with van der Waals surface area (Å²) in [5.41, 5.74) is 1.94. The Balaban J connectivity index is 1.84. The first-order valence-corrected chi connectivity index (χ1v) is 9.08. The number of alkyl halides is 1. The van der Waals surface area contributed by atoms with Crippen LogP contribution in [0.5, 0.6) is 0 Å². The summed E-state index contributed by atoms with van der Waals surface area (Å²) in [7, 11) is 0. The lowest BCUT2D eigenvalue weighted by atomic mass is 9.67. The highest BCUT2D eigenvalue weighted by Gasteiger charge is 2.37. The van der Waals surface area contributed by atoms with Crippen LogP contribution in [-0.2, 0) is 6.42 Å². The van der Waals surface area contributed by atoms with Gasteiger partial charge in [-0.05, 0) is 54.9 Å². The highest BCUT2D eigenvalue weighted by Crippen LogP contribution is 2.45. The summed E-state index contributed by atoms with van der Waals surface area (Å²) >= 11 is 3.97. The average molecular weight is 337 g/mol. The molecule has 1 saturated carbocycles. The Bertz CT molecular complexity index is 395. The van der Waals surface area contributed by atoms with Crippen molar-refractivity contribution in [3.63, 3.8) is 0 Å². The second-order valence-corrected chi connectivity index (χ2v) is 8.54. The molecule has 2 rings (SSSR count). The third-order valence-corrected chi connectivity index (χ3v) is 6.18. The zero-order chi connectivity index (χ0) is 14.6. The summed E-state index contributed by atoms with van der Waals surface area (Å²) in [6.45, 7) is 7.35. The van der Waals surface area contributed by atoms with Gasteiger partial charge in [0.25, 0.3) is 0 Å². The first kappa shape index (κ1) is 16.1. The molecule has 1 aromatic carbocycles. The summed E-state index contributed by atoms with van der Waals surface area (Å²) in [5.74, 6) is 1.74. The number of halogens is 1. The maximum atomic E-state index is 3.97. The van der Waals surface area contributed by atoms with Gasteiger partial charge in [0.2, 0.25) is 0 Å². The number of benzene rings is 1. The van der Waals surface area contributed by atoms with E-state index >= 15 is 0 Å². The molecule has 0 aliphatic heterocycles. The van der Waals surface area contributed by atoms with E-state index in [0.717, 1.165) is 16.7 Å². The summed E-state index contributed by atoms with van der Waals surface area (Å²) in [5, 5.41) is 0. The van der Waals surface area contributed by atoms with Gasteiger partial charge in [0.1, 0.15) is 0 Å². The molecule has 1 aromatic rings. The van der Waals surface area contributed by atoms with E-state index in [-0.39, 0.29) is 0 Å². The maximum Gasteiger partial charge on any atom is 0.0181 e. The molecule has 0 aromatic heterocycles. The topological polar surface area (TPSA) is 0 Å². The fraction of sp³-hybridized carbons (Fsp3) is 0.684. The molecule has 0 nitrogen and oxygen atoms in total. The molecular weight excluding hydrogens is 308 g/mol. The molecule has 20 heavy (non-hydrogen) atoms. The van der Waals surface area contributed by atoms with E-state index in [2.05, 4.69) is 67.0 Å². The van der Waals surface area contributed by atoms with Gasteiger partial charge in [0.15, 0.2) is 0 Å². The second kappa shape index (κ2) is 7.11. The van der Waals surface area contributed by atoms with E-state index in [1.807, 2.05) is 0 Å². The zero-order valence-electron chi connectivity index (χ0n) is 13.2. The van der Waals surface area contributed by atoms with Crippen LogP contribution in [0.3, 0.4) is 0 Å². The molecule has 1 aliphatic carbocycles. The number of hydrogen-bond donors (Lipinski definition) is 0. The van der Waals surface area contributed by atoms with Crippen molar-refractivity contribution in [2.24, 2.45) is 17.3 Å². The van der Waals surface area contributed by atoms with Crippen LogP contribution in [0.25, 0.3) is 0 Å². The van der Waals surface area contributed by atoms with Gasteiger partial charge in [-0.1, -0.05) is 73.5 Å². The average Bonchev–Trinajstić information content (AvgIpc) is 2.39. The third kappa shape index (κ3) is 4.35. The Morgan fingerprint density at radius 2 is 1.85 bits per heavy atom. The fourth-order valence-electron chi connectivity index (χ4n) is 3.77. The Kier molecular flexibility index (Phi) is 5.72.